The quantitative estimate of drug-likeness (QED) is 0.285. The highest BCUT2D eigenvalue weighted by atomic mass is 16.5. The van der Waals surface area contributed by atoms with Gasteiger partial charge in [-0.05, 0) is 6.42 Å². The summed E-state index contributed by atoms with van der Waals surface area (Å²) in [5, 5.41) is 51.8. The van der Waals surface area contributed by atoms with E-state index in [1.54, 1.807) is 0 Å². The first kappa shape index (κ1) is 17.7. The Morgan fingerprint density at radius 2 is 1.79 bits per heavy atom. The maximum absolute atomic E-state index is 10.1. The normalized spacial score (nSPS) is 20.6. The number of carboxylic acids is 1. The number of aliphatic hydroxyl groups excluding tert-OH is 5. The number of cyclic esters (lactones) is 1. The lowest BCUT2D eigenvalue weighted by Gasteiger charge is -2.23. The lowest BCUT2D eigenvalue weighted by Crippen LogP contribution is -2.48. The molecule has 0 radical (unpaired) electrons. The molecule has 0 amide bonds. The molecule has 0 aromatic heterocycles. The largest absolute Gasteiger partial charge is 0.479 e. The number of hydrogen-bond donors (Lipinski definition) is 6. The van der Waals surface area contributed by atoms with E-state index < -0.39 is 37.0 Å². The van der Waals surface area contributed by atoms with Crippen molar-refractivity contribution in [3.63, 3.8) is 0 Å². The molecule has 1 saturated heterocycles. The molecule has 1 heterocycles. The van der Waals surface area contributed by atoms with Gasteiger partial charge in [0.1, 0.15) is 18.3 Å². The number of carbonyl (C=O) groups excluding carboxylic acids is 1. The van der Waals surface area contributed by atoms with E-state index in [9.17, 15) is 9.59 Å². The van der Waals surface area contributed by atoms with Gasteiger partial charge in [0.2, 0.25) is 0 Å². The molecule has 0 aromatic rings. The zero-order valence-electron chi connectivity index (χ0n) is 10.0. The van der Waals surface area contributed by atoms with Gasteiger partial charge < -0.3 is 35.4 Å². The van der Waals surface area contributed by atoms with Gasteiger partial charge in [0.25, 0.3) is 0 Å². The van der Waals surface area contributed by atoms with E-state index in [1.165, 1.54) is 0 Å². The number of hydrogen-bond acceptors (Lipinski definition) is 8. The maximum Gasteiger partial charge on any atom is 0.335 e. The Kier molecular flexibility index (Phi) is 8.19. The highest BCUT2D eigenvalue weighted by Gasteiger charge is 2.33. The second-order valence-corrected chi connectivity index (χ2v) is 3.84. The summed E-state index contributed by atoms with van der Waals surface area (Å²) < 4.78 is 4.51. The van der Waals surface area contributed by atoms with E-state index in [1.807, 2.05) is 0 Å². The third-order valence-corrected chi connectivity index (χ3v) is 2.30. The Morgan fingerprint density at radius 3 is 2.05 bits per heavy atom. The predicted octanol–water partition coefficient (Wildman–Crippen LogP) is -3.17. The number of aliphatic carboxylic acids is 1. The van der Waals surface area contributed by atoms with Crippen LogP contribution in [0.25, 0.3) is 0 Å². The van der Waals surface area contributed by atoms with Crippen molar-refractivity contribution in [2.45, 2.75) is 37.3 Å². The zero-order valence-corrected chi connectivity index (χ0v) is 10.0. The number of rotatable bonds is 5. The molecule has 1 aliphatic rings. The van der Waals surface area contributed by atoms with Gasteiger partial charge in [-0.1, -0.05) is 0 Å². The van der Waals surface area contributed by atoms with Crippen molar-refractivity contribution in [1.82, 2.24) is 0 Å². The minimum atomic E-state index is -2.20. The Labute approximate surface area is 108 Å². The SMILES string of the molecule is O=C(O)C(O)C(O)C(O)C(O)CO.O=C1CCCO1. The standard InChI is InChI=1S/C6H12O7.C4H6O2/c7-1-2(8)3(9)4(10)5(11)6(12)13;5-4-2-1-3-6-4/h2-5,7-11H,1H2,(H,12,13);1-3H2. The second-order valence-electron chi connectivity index (χ2n) is 3.84. The van der Waals surface area contributed by atoms with Crippen LogP contribution in [0.2, 0.25) is 0 Å². The summed E-state index contributed by atoms with van der Waals surface area (Å²) >= 11 is 0. The predicted molar refractivity (Wildman–Crippen MR) is 58.9 cm³/mol. The summed E-state index contributed by atoms with van der Waals surface area (Å²) in [6, 6.07) is 0. The molecule has 112 valence electrons. The van der Waals surface area contributed by atoms with E-state index >= 15 is 0 Å². The van der Waals surface area contributed by atoms with Gasteiger partial charge in [0.15, 0.2) is 6.10 Å². The van der Waals surface area contributed by atoms with Crippen LogP contribution in [0.15, 0.2) is 0 Å². The lowest BCUT2D eigenvalue weighted by atomic mass is 10.0. The molecular formula is C10H18O9. The molecule has 6 N–H and O–H groups in total. The molecule has 0 bridgehead atoms. The van der Waals surface area contributed by atoms with E-state index in [0.29, 0.717) is 13.0 Å². The summed E-state index contributed by atoms with van der Waals surface area (Å²) in [5.74, 6) is -1.77. The summed E-state index contributed by atoms with van der Waals surface area (Å²) in [5.41, 5.74) is 0. The highest BCUT2D eigenvalue weighted by Crippen LogP contribution is 2.04. The molecule has 19 heavy (non-hydrogen) atoms. The van der Waals surface area contributed by atoms with Crippen LogP contribution in [0.4, 0.5) is 0 Å². The molecule has 0 saturated carbocycles. The van der Waals surface area contributed by atoms with Crippen molar-refractivity contribution in [3.8, 4) is 0 Å². The number of carbonyl (C=O) groups is 2. The molecule has 1 aliphatic heterocycles. The molecule has 1 rings (SSSR count). The molecular weight excluding hydrogens is 264 g/mol. The van der Waals surface area contributed by atoms with Gasteiger partial charge in [0, 0.05) is 6.42 Å². The van der Waals surface area contributed by atoms with Crippen molar-refractivity contribution in [2.24, 2.45) is 0 Å². The first-order valence-electron chi connectivity index (χ1n) is 5.52. The topological polar surface area (TPSA) is 165 Å². The minimum absolute atomic E-state index is 0.0463. The second kappa shape index (κ2) is 8.77. The fraction of sp³-hybridized carbons (Fsp3) is 0.800. The average Bonchev–Trinajstić information content (AvgIpc) is 2.86. The van der Waals surface area contributed by atoms with Crippen LogP contribution in [-0.4, -0.2) is 80.2 Å². The molecule has 1 fully saturated rings. The van der Waals surface area contributed by atoms with E-state index in [2.05, 4.69) is 4.74 Å². The molecule has 4 atom stereocenters. The van der Waals surface area contributed by atoms with Gasteiger partial charge in [-0.25, -0.2) is 4.79 Å². The summed E-state index contributed by atoms with van der Waals surface area (Å²) in [4.78, 5) is 20.1. The molecule has 4 unspecified atom stereocenters. The fourth-order valence-corrected chi connectivity index (χ4v) is 1.14. The van der Waals surface area contributed by atoms with Gasteiger partial charge in [-0.15, -0.1) is 0 Å². The molecule has 0 aliphatic carbocycles. The van der Waals surface area contributed by atoms with Gasteiger partial charge in [-0.3, -0.25) is 4.79 Å². The number of esters is 1. The van der Waals surface area contributed by atoms with Gasteiger partial charge in [-0.2, -0.15) is 0 Å². The zero-order chi connectivity index (χ0) is 15.0. The number of ether oxygens (including phenoxy) is 1. The van der Waals surface area contributed by atoms with E-state index in [-0.39, 0.29) is 5.97 Å². The molecule has 9 heteroatoms. The third kappa shape index (κ3) is 6.45. The van der Waals surface area contributed by atoms with Gasteiger partial charge in [0.05, 0.1) is 13.2 Å². The molecule has 0 aromatic carbocycles. The number of carboxylic acid groups (broad SMARTS) is 1. The minimum Gasteiger partial charge on any atom is -0.479 e. The number of aliphatic hydroxyl groups is 5. The van der Waals surface area contributed by atoms with E-state index in [4.69, 9.17) is 30.6 Å². The monoisotopic (exact) mass is 282 g/mol. The molecule has 0 spiro atoms. The van der Waals surface area contributed by atoms with Crippen molar-refractivity contribution in [1.29, 1.82) is 0 Å². The van der Waals surface area contributed by atoms with Crippen LogP contribution in [0.1, 0.15) is 12.8 Å². The summed E-state index contributed by atoms with van der Waals surface area (Å²) in [6.07, 6.45) is -6.30. The van der Waals surface area contributed by atoms with Crippen molar-refractivity contribution in [3.05, 3.63) is 0 Å². The smallest absolute Gasteiger partial charge is 0.335 e. The van der Waals surface area contributed by atoms with Crippen molar-refractivity contribution >= 4 is 11.9 Å². The lowest BCUT2D eigenvalue weighted by molar-refractivity contribution is -0.164. The van der Waals surface area contributed by atoms with Crippen LogP contribution < -0.4 is 0 Å². The third-order valence-electron chi connectivity index (χ3n) is 2.30. The fourth-order valence-electron chi connectivity index (χ4n) is 1.14. The Hall–Kier alpha value is -1.26. The first-order valence-corrected chi connectivity index (χ1v) is 5.52. The van der Waals surface area contributed by atoms with Crippen LogP contribution in [-0.2, 0) is 14.3 Å². The van der Waals surface area contributed by atoms with Crippen LogP contribution >= 0.6 is 0 Å². The maximum atomic E-state index is 10.1. The van der Waals surface area contributed by atoms with E-state index in [0.717, 1.165) is 6.42 Å². The molecule has 9 nitrogen and oxygen atoms in total. The summed E-state index contributed by atoms with van der Waals surface area (Å²) in [6.45, 7) is -0.205. The Morgan fingerprint density at radius 1 is 1.21 bits per heavy atom. The summed E-state index contributed by atoms with van der Waals surface area (Å²) in [7, 11) is 0. The van der Waals surface area contributed by atoms with Crippen molar-refractivity contribution in [2.75, 3.05) is 13.2 Å². The van der Waals surface area contributed by atoms with Crippen molar-refractivity contribution < 1.29 is 45.0 Å². The van der Waals surface area contributed by atoms with Crippen LogP contribution in [0.5, 0.6) is 0 Å². The first-order chi connectivity index (χ1) is 8.81. The Balaban J connectivity index is 0.000000443. The van der Waals surface area contributed by atoms with Crippen LogP contribution in [0, 0.1) is 0 Å². The van der Waals surface area contributed by atoms with Crippen LogP contribution in [0.3, 0.4) is 0 Å². The van der Waals surface area contributed by atoms with Gasteiger partial charge >= 0.3 is 11.9 Å². The average molecular weight is 282 g/mol. The highest BCUT2D eigenvalue weighted by molar-refractivity contribution is 5.72. The Bertz CT molecular complexity index is 285.